The number of hydrogen-bond donors (Lipinski definition) is 1. The Morgan fingerprint density at radius 2 is 1.95 bits per heavy atom. The average molecular weight is 292 g/mol. The van der Waals surface area contributed by atoms with Crippen LogP contribution in [-0.4, -0.2) is 16.1 Å². The minimum Gasteiger partial charge on any atom is -0.331 e. The molecular formula is C16H22ClN3. The molecule has 0 bridgehead atoms. The number of rotatable bonds is 2. The summed E-state index contributed by atoms with van der Waals surface area (Å²) in [5, 5.41) is 0.759. The predicted octanol–water partition coefficient (Wildman–Crippen LogP) is 3.78. The van der Waals surface area contributed by atoms with Crippen LogP contribution in [0.5, 0.6) is 0 Å². The summed E-state index contributed by atoms with van der Waals surface area (Å²) in [6, 6.07) is 5.90. The van der Waals surface area contributed by atoms with Crippen molar-refractivity contribution in [2.75, 3.05) is 6.54 Å². The van der Waals surface area contributed by atoms with Crippen molar-refractivity contribution in [3.63, 3.8) is 0 Å². The number of imidazole rings is 1. The SMILES string of the molecule is Cn1c(C2(CN)CCCCCC2)nc2ccc(Cl)cc21. The smallest absolute Gasteiger partial charge is 0.117 e. The highest BCUT2D eigenvalue weighted by Crippen LogP contribution is 2.38. The van der Waals surface area contributed by atoms with Crippen LogP contribution in [0.2, 0.25) is 5.02 Å². The van der Waals surface area contributed by atoms with Crippen molar-refractivity contribution in [3.8, 4) is 0 Å². The van der Waals surface area contributed by atoms with Gasteiger partial charge in [-0.2, -0.15) is 0 Å². The third-order valence-electron chi connectivity index (χ3n) is 4.77. The summed E-state index contributed by atoms with van der Waals surface area (Å²) in [5.41, 5.74) is 8.34. The van der Waals surface area contributed by atoms with E-state index in [1.165, 1.54) is 25.7 Å². The molecule has 1 heterocycles. The lowest BCUT2D eigenvalue weighted by molar-refractivity contribution is 0.351. The molecule has 1 aromatic carbocycles. The van der Waals surface area contributed by atoms with Crippen molar-refractivity contribution in [1.29, 1.82) is 0 Å². The number of aromatic nitrogens is 2. The van der Waals surface area contributed by atoms with E-state index in [0.717, 1.165) is 34.7 Å². The van der Waals surface area contributed by atoms with Gasteiger partial charge in [0, 0.05) is 24.0 Å². The van der Waals surface area contributed by atoms with Crippen LogP contribution in [0.3, 0.4) is 0 Å². The number of benzene rings is 1. The fourth-order valence-corrected chi connectivity index (χ4v) is 3.73. The van der Waals surface area contributed by atoms with Gasteiger partial charge in [0.05, 0.1) is 11.0 Å². The zero-order chi connectivity index (χ0) is 14.2. The van der Waals surface area contributed by atoms with E-state index >= 15 is 0 Å². The molecule has 3 nitrogen and oxygen atoms in total. The van der Waals surface area contributed by atoms with E-state index < -0.39 is 0 Å². The third-order valence-corrected chi connectivity index (χ3v) is 5.00. The Kier molecular flexibility index (Phi) is 3.74. The molecule has 0 amide bonds. The van der Waals surface area contributed by atoms with Crippen LogP contribution in [0, 0.1) is 0 Å². The zero-order valence-corrected chi connectivity index (χ0v) is 12.8. The molecule has 1 saturated carbocycles. The topological polar surface area (TPSA) is 43.8 Å². The summed E-state index contributed by atoms with van der Waals surface area (Å²) in [6.45, 7) is 0.678. The highest BCUT2D eigenvalue weighted by molar-refractivity contribution is 6.31. The number of nitrogens with two attached hydrogens (primary N) is 1. The summed E-state index contributed by atoms with van der Waals surface area (Å²) in [5.74, 6) is 1.14. The van der Waals surface area contributed by atoms with Crippen LogP contribution in [0.25, 0.3) is 11.0 Å². The number of fused-ring (bicyclic) bond motifs is 1. The Labute approximate surface area is 125 Å². The Balaban J connectivity index is 2.13. The Bertz CT molecular complexity index is 609. The van der Waals surface area contributed by atoms with E-state index in [-0.39, 0.29) is 5.41 Å². The van der Waals surface area contributed by atoms with Gasteiger partial charge in [0.2, 0.25) is 0 Å². The maximum absolute atomic E-state index is 6.18. The summed E-state index contributed by atoms with van der Waals surface area (Å²) >= 11 is 6.11. The lowest BCUT2D eigenvalue weighted by Gasteiger charge is -2.30. The zero-order valence-electron chi connectivity index (χ0n) is 12.0. The molecule has 0 saturated heterocycles. The monoisotopic (exact) mass is 291 g/mol. The van der Waals surface area contributed by atoms with Gasteiger partial charge >= 0.3 is 0 Å². The number of aryl methyl sites for hydroxylation is 1. The normalized spacial score (nSPS) is 19.1. The first-order valence-corrected chi connectivity index (χ1v) is 7.87. The van der Waals surface area contributed by atoms with Crippen LogP contribution < -0.4 is 5.73 Å². The van der Waals surface area contributed by atoms with Crippen LogP contribution in [0.1, 0.15) is 44.3 Å². The highest BCUT2D eigenvalue weighted by atomic mass is 35.5. The van der Waals surface area contributed by atoms with Crippen LogP contribution >= 0.6 is 11.6 Å². The van der Waals surface area contributed by atoms with E-state index in [0.29, 0.717) is 6.54 Å². The molecule has 108 valence electrons. The highest BCUT2D eigenvalue weighted by Gasteiger charge is 2.35. The minimum absolute atomic E-state index is 0.0384. The Morgan fingerprint density at radius 3 is 2.60 bits per heavy atom. The minimum atomic E-state index is 0.0384. The van der Waals surface area contributed by atoms with Gasteiger partial charge in [0.15, 0.2) is 0 Å². The van der Waals surface area contributed by atoms with E-state index in [1.54, 1.807) is 0 Å². The van der Waals surface area contributed by atoms with E-state index in [1.807, 2.05) is 18.2 Å². The molecule has 0 spiro atoms. The average Bonchev–Trinajstić information content (AvgIpc) is 2.66. The van der Waals surface area contributed by atoms with Crippen molar-refractivity contribution in [2.24, 2.45) is 12.8 Å². The predicted molar refractivity (Wildman–Crippen MR) is 84.2 cm³/mol. The summed E-state index contributed by atoms with van der Waals surface area (Å²) in [7, 11) is 2.09. The van der Waals surface area contributed by atoms with Crippen molar-refractivity contribution < 1.29 is 0 Å². The lowest BCUT2D eigenvalue weighted by atomic mass is 9.79. The first-order valence-electron chi connectivity index (χ1n) is 7.49. The van der Waals surface area contributed by atoms with Crippen LogP contribution in [-0.2, 0) is 12.5 Å². The van der Waals surface area contributed by atoms with E-state index in [9.17, 15) is 0 Å². The molecule has 0 aliphatic heterocycles. The molecule has 0 radical (unpaired) electrons. The molecule has 1 fully saturated rings. The van der Waals surface area contributed by atoms with Crippen molar-refractivity contribution in [3.05, 3.63) is 29.0 Å². The van der Waals surface area contributed by atoms with Gasteiger partial charge in [-0.3, -0.25) is 0 Å². The third kappa shape index (κ3) is 2.23. The number of nitrogens with zero attached hydrogens (tertiary/aromatic N) is 2. The van der Waals surface area contributed by atoms with E-state index in [4.69, 9.17) is 22.3 Å². The summed E-state index contributed by atoms with van der Waals surface area (Å²) in [4.78, 5) is 4.89. The second-order valence-corrected chi connectivity index (χ2v) is 6.46. The Morgan fingerprint density at radius 1 is 1.25 bits per heavy atom. The Hall–Kier alpha value is -1.06. The van der Waals surface area contributed by atoms with Gasteiger partial charge in [-0.15, -0.1) is 0 Å². The molecule has 1 aliphatic carbocycles. The lowest BCUT2D eigenvalue weighted by Crippen LogP contribution is -2.37. The molecule has 0 unspecified atom stereocenters. The second kappa shape index (κ2) is 5.38. The fourth-order valence-electron chi connectivity index (χ4n) is 3.56. The molecular weight excluding hydrogens is 270 g/mol. The summed E-state index contributed by atoms with van der Waals surface area (Å²) < 4.78 is 2.19. The van der Waals surface area contributed by atoms with Crippen molar-refractivity contribution in [1.82, 2.24) is 9.55 Å². The van der Waals surface area contributed by atoms with Gasteiger partial charge in [-0.05, 0) is 31.0 Å². The fraction of sp³-hybridized carbons (Fsp3) is 0.562. The van der Waals surface area contributed by atoms with Gasteiger partial charge in [-0.25, -0.2) is 4.98 Å². The standard InChI is InChI=1S/C16H22ClN3/c1-20-14-10-12(17)6-7-13(14)19-15(20)16(11-18)8-4-2-3-5-9-16/h6-7,10H,2-5,8-9,11,18H2,1H3. The van der Waals surface area contributed by atoms with Crippen LogP contribution in [0.4, 0.5) is 0 Å². The number of halogens is 1. The first kappa shape index (κ1) is 13.9. The van der Waals surface area contributed by atoms with Gasteiger partial charge < -0.3 is 10.3 Å². The molecule has 1 aliphatic rings. The van der Waals surface area contributed by atoms with Crippen molar-refractivity contribution in [2.45, 2.75) is 43.9 Å². The van der Waals surface area contributed by atoms with E-state index in [2.05, 4.69) is 11.6 Å². The molecule has 1 aromatic heterocycles. The number of hydrogen-bond acceptors (Lipinski definition) is 2. The largest absolute Gasteiger partial charge is 0.331 e. The first-order chi connectivity index (χ1) is 9.66. The summed E-state index contributed by atoms with van der Waals surface area (Å²) in [6.07, 6.45) is 7.43. The van der Waals surface area contributed by atoms with Crippen LogP contribution in [0.15, 0.2) is 18.2 Å². The second-order valence-electron chi connectivity index (χ2n) is 6.03. The van der Waals surface area contributed by atoms with Crippen molar-refractivity contribution >= 4 is 22.6 Å². The maximum atomic E-state index is 6.18. The molecule has 2 N–H and O–H groups in total. The maximum Gasteiger partial charge on any atom is 0.117 e. The molecule has 4 heteroatoms. The molecule has 2 aromatic rings. The molecule has 0 atom stereocenters. The molecule has 20 heavy (non-hydrogen) atoms. The van der Waals surface area contributed by atoms with Gasteiger partial charge in [-0.1, -0.05) is 37.3 Å². The van der Waals surface area contributed by atoms with Gasteiger partial charge in [0.1, 0.15) is 5.82 Å². The molecule has 3 rings (SSSR count). The quantitative estimate of drug-likeness (QED) is 0.856. The van der Waals surface area contributed by atoms with Gasteiger partial charge in [0.25, 0.3) is 0 Å².